The maximum Gasteiger partial charge on any atom is 0.225 e. The fourth-order valence-electron chi connectivity index (χ4n) is 4.46. The largest absolute Gasteiger partial charge is 0.342 e. The molecule has 1 saturated heterocycles. The van der Waals surface area contributed by atoms with Crippen molar-refractivity contribution in [1.82, 2.24) is 9.88 Å². The molecule has 1 aromatic heterocycles. The number of piperidine rings is 1. The number of hydrogen-bond donors (Lipinski definition) is 0. The van der Waals surface area contributed by atoms with Crippen LogP contribution in [0.4, 0.5) is 0 Å². The van der Waals surface area contributed by atoms with Gasteiger partial charge < -0.3 is 4.90 Å². The van der Waals surface area contributed by atoms with Crippen LogP contribution in [-0.4, -0.2) is 28.9 Å². The average Bonchev–Trinajstić information content (AvgIpc) is 3.23. The van der Waals surface area contributed by atoms with Gasteiger partial charge in [0, 0.05) is 42.7 Å². The lowest BCUT2D eigenvalue weighted by Gasteiger charge is -2.33. The minimum Gasteiger partial charge on any atom is -0.342 e. The summed E-state index contributed by atoms with van der Waals surface area (Å²) in [5, 5.41) is 0. The summed E-state index contributed by atoms with van der Waals surface area (Å²) in [4.78, 5) is 19.7. The molecule has 1 aliphatic heterocycles. The monoisotopic (exact) mass is 348 g/mol. The van der Waals surface area contributed by atoms with E-state index >= 15 is 0 Å². The highest BCUT2D eigenvalue weighted by Gasteiger charge is 2.30. The molecule has 1 aliphatic carbocycles. The Morgan fingerprint density at radius 3 is 2.38 bits per heavy atom. The van der Waals surface area contributed by atoms with Crippen LogP contribution in [0.3, 0.4) is 0 Å². The maximum absolute atomic E-state index is 12.6. The van der Waals surface area contributed by atoms with E-state index in [4.69, 9.17) is 4.98 Å². The van der Waals surface area contributed by atoms with E-state index in [2.05, 4.69) is 47.4 Å². The topological polar surface area (TPSA) is 33.2 Å². The van der Waals surface area contributed by atoms with Crippen molar-refractivity contribution in [3.05, 3.63) is 65.5 Å². The van der Waals surface area contributed by atoms with Crippen LogP contribution < -0.4 is 0 Å². The summed E-state index contributed by atoms with van der Waals surface area (Å²) in [6.07, 6.45) is 7.62. The van der Waals surface area contributed by atoms with Crippen molar-refractivity contribution >= 4 is 5.91 Å². The number of likely N-dealkylation sites (tertiary alicyclic amines) is 1. The van der Waals surface area contributed by atoms with Crippen LogP contribution in [0, 0.1) is 5.92 Å². The number of pyridine rings is 1. The third kappa shape index (κ3) is 3.98. The van der Waals surface area contributed by atoms with Gasteiger partial charge in [-0.1, -0.05) is 49.2 Å². The smallest absolute Gasteiger partial charge is 0.225 e. The summed E-state index contributed by atoms with van der Waals surface area (Å²) in [7, 11) is 0. The van der Waals surface area contributed by atoms with Crippen molar-refractivity contribution in [1.29, 1.82) is 0 Å². The Labute approximate surface area is 156 Å². The van der Waals surface area contributed by atoms with Crippen molar-refractivity contribution in [2.45, 2.75) is 50.9 Å². The van der Waals surface area contributed by atoms with E-state index in [0.29, 0.717) is 17.7 Å². The van der Waals surface area contributed by atoms with Gasteiger partial charge in [0.05, 0.1) is 0 Å². The molecule has 0 N–H and O–H groups in total. The van der Waals surface area contributed by atoms with Crippen LogP contribution in [0.15, 0.2) is 48.5 Å². The number of nitrogens with zero attached hydrogens (tertiary/aromatic N) is 2. The summed E-state index contributed by atoms with van der Waals surface area (Å²) in [6, 6.07) is 16.9. The Bertz CT molecular complexity index is 729. The molecule has 26 heavy (non-hydrogen) atoms. The van der Waals surface area contributed by atoms with Gasteiger partial charge in [-0.3, -0.25) is 9.78 Å². The van der Waals surface area contributed by atoms with Gasteiger partial charge in [0.1, 0.15) is 0 Å². The average molecular weight is 348 g/mol. The van der Waals surface area contributed by atoms with E-state index in [1.807, 2.05) is 6.07 Å². The van der Waals surface area contributed by atoms with Gasteiger partial charge in [-0.15, -0.1) is 0 Å². The molecule has 2 aromatic rings. The predicted molar refractivity (Wildman–Crippen MR) is 104 cm³/mol. The number of carbonyl (C=O) groups is 1. The Morgan fingerprint density at radius 1 is 0.923 bits per heavy atom. The first-order valence-electron chi connectivity index (χ1n) is 10.1. The van der Waals surface area contributed by atoms with Crippen molar-refractivity contribution in [2.24, 2.45) is 5.92 Å². The zero-order chi connectivity index (χ0) is 17.8. The first-order chi connectivity index (χ1) is 12.8. The molecule has 0 unspecified atom stereocenters. The van der Waals surface area contributed by atoms with E-state index in [0.717, 1.165) is 50.9 Å². The lowest BCUT2D eigenvalue weighted by atomic mass is 9.91. The fourth-order valence-corrected chi connectivity index (χ4v) is 4.46. The van der Waals surface area contributed by atoms with Crippen LogP contribution in [0.2, 0.25) is 0 Å². The Hall–Kier alpha value is -2.16. The number of carbonyl (C=O) groups excluding carboxylic acids is 1. The molecule has 3 nitrogen and oxygen atoms in total. The van der Waals surface area contributed by atoms with Gasteiger partial charge in [0.15, 0.2) is 0 Å². The molecule has 136 valence electrons. The zero-order valence-electron chi connectivity index (χ0n) is 15.4. The summed E-state index contributed by atoms with van der Waals surface area (Å²) in [6.45, 7) is 1.79. The minimum absolute atomic E-state index is 0.305. The van der Waals surface area contributed by atoms with E-state index < -0.39 is 0 Å². The SMILES string of the molecule is O=C(C1CCCC1)N1CCC(c2cccc(Cc3ccccc3)n2)CC1. The Kier molecular flexibility index (Phi) is 5.33. The molecule has 1 aromatic carbocycles. The molecule has 0 spiro atoms. The molecule has 2 heterocycles. The Morgan fingerprint density at radius 2 is 1.65 bits per heavy atom. The third-order valence-electron chi connectivity index (χ3n) is 5.99. The minimum atomic E-state index is 0.305. The number of amides is 1. The molecule has 3 heteroatoms. The second-order valence-electron chi connectivity index (χ2n) is 7.80. The summed E-state index contributed by atoms with van der Waals surface area (Å²) < 4.78 is 0. The van der Waals surface area contributed by atoms with Crippen molar-refractivity contribution in [3.8, 4) is 0 Å². The summed E-state index contributed by atoms with van der Waals surface area (Å²) in [5.41, 5.74) is 3.64. The second kappa shape index (κ2) is 8.03. The third-order valence-corrected chi connectivity index (χ3v) is 5.99. The summed E-state index contributed by atoms with van der Waals surface area (Å²) >= 11 is 0. The molecule has 2 fully saturated rings. The van der Waals surface area contributed by atoms with Gasteiger partial charge in [-0.05, 0) is 43.4 Å². The van der Waals surface area contributed by atoms with Crippen LogP contribution in [0.25, 0.3) is 0 Å². The first-order valence-corrected chi connectivity index (χ1v) is 10.1. The van der Waals surface area contributed by atoms with Gasteiger partial charge in [0.2, 0.25) is 5.91 Å². The molecule has 1 amide bonds. The van der Waals surface area contributed by atoms with Crippen LogP contribution >= 0.6 is 0 Å². The Balaban J connectivity index is 1.37. The molecule has 0 radical (unpaired) electrons. The highest BCUT2D eigenvalue weighted by molar-refractivity contribution is 5.79. The fraction of sp³-hybridized carbons (Fsp3) is 0.478. The maximum atomic E-state index is 12.6. The molecule has 1 saturated carbocycles. The van der Waals surface area contributed by atoms with E-state index in [1.165, 1.54) is 24.1 Å². The van der Waals surface area contributed by atoms with E-state index in [-0.39, 0.29) is 0 Å². The molecule has 2 aliphatic rings. The lowest BCUT2D eigenvalue weighted by Crippen LogP contribution is -2.40. The van der Waals surface area contributed by atoms with Crippen molar-refractivity contribution in [2.75, 3.05) is 13.1 Å². The summed E-state index contributed by atoms with van der Waals surface area (Å²) in [5.74, 6) is 1.20. The van der Waals surface area contributed by atoms with Crippen molar-refractivity contribution < 1.29 is 4.79 Å². The standard InChI is InChI=1S/C23H28N2O/c26-23(20-9-4-5-10-20)25-15-13-19(14-16-25)22-12-6-11-21(24-22)17-18-7-2-1-3-8-18/h1-3,6-8,11-12,19-20H,4-5,9-10,13-17H2. The number of hydrogen-bond acceptors (Lipinski definition) is 2. The molecule has 0 bridgehead atoms. The molecular weight excluding hydrogens is 320 g/mol. The van der Waals surface area contributed by atoms with E-state index in [9.17, 15) is 4.79 Å². The second-order valence-corrected chi connectivity index (χ2v) is 7.80. The number of rotatable bonds is 4. The predicted octanol–water partition coefficient (Wildman–Crippen LogP) is 4.57. The number of aromatic nitrogens is 1. The van der Waals surface area contributed by atoms with Crippen LogP contribution in [0.5, 0.6) is 0 Å². The molecule has 4 rings (SSSR count). The lowest BCUT2D eigenvalue weighted by molar-refractivity contribution is -0.136. The molecule has 0 atom stereocenters. The van der Waals surface area contributed by atoms with E-state index in [1.54, 1.807) is 0 Å². The van der Waals surface area contributed by atoms with Crippen molar-refractivity contribution in [3.63, 3.8) is 0 Å². The van der Waals surface area contributed by atoms with Gasteiger partial charge in [-0.25, -0.2) is 0 Å². The highest BCUT2D eigenvalue weighted by atomic mass is 16.2. The molecular formula is C23H28N2O. The van der Waals surface area contributed by atoms with Gasteiger partial charge in [0.25, 0.3) is 0 Å². The van der Waals surface area contributed by atoms with Gasteiger partial charge >= 0.3 is 0 Å². The van der Waals surface area contributed by atoms with Gasteiger partial charge in [-0.2, -0.15) is 0 Å². The van der Waals surface area contributed by atoms with Crippen LogP contribution in [-0.2, 0) is 11.2 Å². The van der Waals surface area contributed by atoms with Crippen LogP contribution in [0.1, 0.15) is 61.4 Å². The highest BCUT2D eigenvalue weighted by Crippen LogP contribution is 2.31. The first kappa shape index (κ1) is 17.3. The quantitative estimate of drug-likeness (QED) is 0.811. The normalized spacial score (nSPS) is 19.0. The number of benzene rings is 1. The zero-order valence-corrected chi connectivity index (χ0v) is 15.4.